The third-order valence-electron chi connectivity index (χ3n) is 2.76. The Morgan fingerprint density at radius 2 is 1.56 bits per heavy atom. The van der Waals surface area contributed by atoms with Crippen LogP contribution >= 0.6 is 33.2 Å². The zero-order valence-electron chi connectivity index (χ0n) is 8.75. The van der Waals surface area contributed by atoms with Gasteiger partial charge in [0.15, 0.2) is 0 Å². The molecular weight excluding hydrogens is 279 g/mol. The second-order valence-electron chi connectivity index (χ2n) is 3.87. The highest BCUT2D eigenvalue weighted by molar-refractivity contribution is 7.65. The number of halogens is 3. The van der Waals surface area contributed by atoms with E-state index in [0.717, 1.165) is 5.56 Å². The quantitative estimate of drug-likeness (QED) is 0.530. The summed E-state index contributed by atoms with van der Waals surface area (Å²) in [4.78, 5) is 0. The monoisotopic (exact) mass is 288 g/mol. The first kappa shape index (κ1) is 12.2. The van der Waals surface area contributed by atoms with E-state index in [4.69, 9.17) is 33.2 Å². The third kappa shape index (κ3) is 2.54. The van der Waals surface area contributed by atoms with Crippen molar-refractivity contribution in [3.63, 3.8) is 0 Å². The summed E-state index contributed by atoms with van der Waals surface area (Å²) >= 11 is 18.1. The largest absolute Gasteiger partial charge is 0.348 e. The molecule has 0 radical (unpaired) electrons. The van der Waals surface area contributed by atoms with Gasteiger partial charge in [0.2, 0.25) is 0 Å². The zero-order chi connectivity index (χ0) is 11.8. The molecule has 0 fully saturated rings. The summed E-state index contributed by atoms with van der Waals surface area (Å²) in [5.74, 6) is 0. The van der Waals surface area contributed by atoms with Crippen LogP contribution in [0.5, 0.6) is 0 Å². The number of benzene rings is 2. The lowest BCUT2D eigenvalue weighted by Gasteiger charge is -2.18. The minimum Gasteiger partial charge on any atom is -0.125 e. The van der Waals surface area contributed by atoms with Crippen LogP contribution in [0.3, 0.4) is 0 Å². The summed E-state index contributed by atoms with van der Waals surface area (Å²) in [6.45, 7) is 1.98. The molecule has 0 saturated heterocycles. The lowest BCUT2D eigenvalue weighted by molar-refractivity contribution is 1.07. The van der Waals surface area contributed by atoms with Crippen LogP contribution in [-0.2, 0) is 0 Å². The van der Waals surface area contributed by atoms with Gasteiger partial charge in [-0.2, -0.15) is 0 Å². The van der Waals surface area contributed by atoms with Crippen molar-refractivity contribution < 1.29 is 0 Å². The lowest BCUT2D eigenvalue weighted by Crippen LogP contribution is -2.20. The minimum atomic E-state index is -2.67. The molecule has 0 amide bonds. The molecule has 2 aromatic carbocycles. The predicted octanol–water partition coefficient (Wildman–Crippen LogP) is 5.14. The molecule has 1 unspecified atom stereocenters. The van der Waals surface area contributed by atoms with Crippen LogP contribution in [-0.4, -0.2) is 6.00 Å². The molecule has 0 aliphatic heterocycles. The molecule has 0 saturated carbocycles. The second kappa shape index (κ2) is 4.57. The summed E-state index contributed by atoms with van der Waals surface area (Å²) in [6, 6.07) is 11.7. The van der Waals surface area contributed by atoms with Crippen molar-refractivity contribution in [2.24, 2.45) is 0 Å². The molecule has 0 nitrogen and oxygen atoms in total. The molecule has 0 aromatic heterocycles. The molecule has 0 aliphatic carbocycles. The lowest BCUT2D eigenvalue weighted by atomic mass is 10.1. The summed E-state index contributed by atoms with van der Waals surface area (Å²) in [5.41, 5.74) is 1.12. The maximum absolute atomic E-state index is 6.04. The summed E-state index contributed by atoms with van der Waals surface area (Å²) < 4.78 is 0. The molecule has 0 heterocycles. The van der Waals surface area contributed by atoms with E-state index in [0.29, 0.717) is 0 Å². The van der Waals surface area contributed by atoms with Crippen molar-refractivity contribution in [2.45, 2.75) is 12.5 Å². The van der Waals surface area contributed by atoms with Crippen molar-refractivity contribution in [1.82, 2.24) is 0 Å². The van der Waals surface area contributed by atoms with Gasteiger partial charge in [0.25, 0.3) is 0 Å². The molecule has 0 aliphatic rings. The van der Waals surface area contributed by atoms with E-state index in [1.807, 2.05) is 25.1 Å². The molecule has 4 heteroatoms. The maximum Gasteiger partial charge on any atom is 0.348 e. The van der Waals surface area contributed by atoms with Crippen LogP contribution < -0.4 is 0 Å². The first-order valence-corrected chi connectivity index (χ1v) is 10.1. The molecule has 2 rings (SSSR count). The van der Waals surface area contributed by atoms with Crippen LogP contribution in [0.25, 0.3) is 10.8 Å². The Hall–Kier alpha value is -0.213. The predicted molar refractivity (Wildman–Crippen MR) is 75.7 cm³/mol. The highest BCUT2D eigenvalue weighted by atomic mass is 35.8. The molecule has 1 atom stereocenters. The number of hydrogen-bond acceptors (Lipinski definition) is 0. The van der Waals surface area contributed by atoms with Gasteiger partial charge in [0, 0.05) is 5.54 Å². The first-order chi connectivity index (χ1) is 7.48. The SMILES string of the molecule is CC(c1ccc2ccccc2c1)[Si](Cl)(Cl)Cl. The first-order valence-electron chi connectivity index (χ1n) is 5.04. The van der Waals surface area contributed by atoms with Gasteiger partial charge in [0.05, 0.1) is 0 Å². The summed E-state index contributed by atoms with van der Waals surface area (Å²) in [6.07, 6.45) is 0. The Balaban J connectivity index is 2.47. The van der Waals surface area contributed by atoms with Crippen LogP contribution in [0.1, 0.15) is 18.0 Å². The normalized spacial score (nSPS) is 14.0. The molecule has 0 spiro atoms. The average molecular weight is 290 g/mol. The summed E-state index contributed by atoms with van der Waals surface area (Å²) in [7, 11) is 0. The topological polar surface area (TPSA) is 0 Å². The van der Waals surface area contributed by atoms with E-state index < -0.39 is 6.00 Å². The standard InChI is InChI=1S/C12H11Cl3Si/c1-9(16(13,14)15)11-7-6-10-4-2-3-5-12(10)8-11/h2-9H,1H3. The third-order valence-corrected chi connectivity index (χ3v) is 7.03. The zero-order valence-corrected chi connectivity index (χ0v) is 12.0. The van der Waals surface area contributed by atoms with E-state index in [9.17, 15) is 0 Å². The van der Waals surface area contributed by atoms with Gasteiger partial charge in [-0.15, -0.1) is 33.2 Å². The molecule has 0 N–H and O–H groups in total. The highest BCUT2D eigenvalue weighted by Crippen LogP contribution is 2.37. The van der Waals surface area contributed by atoms with Crippen molar-refractivity contribution in [3.05, 3.63) is 48.0 Å². The Kier molecular flexibility index (Phi) is 3.50. The summed E-state index contributed by atoms with van der Waals surface area (Å²) in [5, 5.41) is 2.40. The van der Waals surface area contributed by atoms with E-state index in [1.54, 1.807) is 0 Å². The molecular formula is C12H11Cl3Si. The van der Waals surface area contributed by atoms with Gasteiger partial charge in [-0.1, -0.05) is 49.4 Å². The van der Waals surface area contributed by atoms with Crippen LogP contribution in [0, 0.1) is 0 Å². The highest BCUT2D eigenvalue weighted by Gasteiger charge is 2.34. The Labute approximate surface area is 110 Å². The Bertz CT molecular complexity index is 505. The van der Waals surface area contributed by atoms with Crippen molar-refractivity contribution >= 4 is 50.0 Å². The van der Waals surface area contributed by atoms with E-state index in [2.05, 4.69) is 24.3 Å². The van der Waals surface area contributed by atoms with Gasteiger partial charge >= 0.3 is 6.00 Å². The van der Waals surface area contributed by atoms with Gasteiger partial charge in [-0.3, -0.25) is 0 Å². The van der Waals surface area contributed by atoms with Crippen molar-refractivity contribution in [2.75, 3.05) is 0 Å². The second-order valence-corrected chi connectivity index (χ2v) is 12.9. The average Bonchev–Trinajstić information content (AvgIpc) is 2.26. The van der Waals surface area contributed by atoms with Crippen LogP contribution in [0.15, 0.2) is 42.5 Å². The molecule has 84 valence electrons. The fourth-order valence-corrected chi connectivity index (χ4v) is 3.36. The Morgan fingerprint density at radius 3 is 2.19 bits per heavy atom. The van der Waals surface area contributed by atoms with E-state index in [1.165, 1.54) is 10.8 Å². The van der Waals surface area contributed by atoms with Gasteiger partial charge < -0.3 is 0 Å². The van der Waals surface area contributed by atoms with Crippen molar-refractivity contribution in [1.29, 1.82) is 0 Å². The van der Waals surface area contributed by atoms with Crippen LogP contribution in [0.4, 0.5) is 0 Å². The van der Waals surface area contributed by atoms with E-state index >= 15 is 0 Å². The number of rotatable bonds is 2. The molecule has 16 heavy (non-hydrogen) atoms. The van der Waals surface area contributed by atoms with Gasteiger partial charge in [0.1, 0.15) is 0 Å². The number of hydrogen-bond donors (Lipinski definition) is 0. The maximum atomic E-state index is 6.04. The smallest absolute Gasteiger partial charge is 0.125 e. The van der Waals surface area contributed by atoms with E-state index in [-0.39, 0.29) is 5.54 Å². The van der Waals surface area contributed by atoms with Crippen LogP contribution in [0.2, 0.25) is 0 Å². The Morgan fingerprint density at radius 1 is 0.938 bits per heavy atom. The van der Waals surface area contributed by atoms with Crippen molar-refractivity contribution in [3.8, 4) is 0 Å². The minimum absolute atomic E-state index is 0.0158. The molecule has 2 aromatic rings. The number of fused-ring (bicyclic) bond motifs is 1. The van der Waals surface area contributed by atoms with Gasteiger partial charge in [-0.25, -0.2) is 0 Å². The fourth-order valence-electron chi connectivity index (χ4n) is 1.67. The molecule has 0 bridgehead atoms. The van der Waals surface area contributed by atoms with Gasteiger partial charge in [-0.05, 0) is 16.3 Å². The fraction of sp³-hybridized carbons (Fsp3) is 0.167.